The molecule has 1 saturated heterocycles. The van der Waals surface area contributed by atoms with Gasteiger partial charge in [0.1, 0.15) is 0 Å². The van der Waals surface area contributed by atoms with Crippen LogP contribution >= 0.6 is 11.3 Å². The van der Waals surface area contributed by atoms with E-state index in [-0.39, 0.29) is 0 Å². The van der Waals surface area contributed by atoms with E-state index >= 15 is 0 Å². The Morgan fingerprint density at radius 2 is 2.14 bits per heavy atom. The van der Waals surface area contributed by atoms with E-state index in [0.29, 0.717) is 5.92 Å². The average Bonchev–Trinajstić information content (AvgIpc) is 3.34. The van der Waals surface area contributed by atoms with Crippen LogP contribution in [-0.4, -0.2) is 63.8 Å². The summed E-state index contributed by atoms with van der Waals surface area (Å²) in [6.45, 7) is 10.1. The molecule has 3 rings (SSSR count). The molecule has 0 saturated carbocycles. The van der Waals surface area contributed by atoms with Gasteiger partial charge in [0.05, 0.1) is 16.9 Å². The molecule has 0 unspecified atom stereocenters. The lowest BCUT2D eigenvalue weighted by atomic mass is 9.97. The molecule has 0 spiro atoms. The van der Waals surface area contributed by atoms with Crippen LogP contribution in [0.3, 0.4) is 0 Å². The molecule has 0 amide bonds. The van der Waals surface area contributed by atoms with Crippen molar-refractivity contribution in [1.29, 1.82) is 0 Å². The molecule has 160 valence electrons. The second-order valence-corrected chi connectivity index (χ2v) is 8.82. The standard InChI is InChI=1S/C21H35N7S/c1-5-20-25-19(16-29-20)15-28-9-7-17(8-10-28)11-23-21(22-6-2)26(3)13-18-12-24-27(4)14-18/h12,14,16-17H,5-11,13,15H2,1-4H3,(H,22,23). The second-order valence-electron chi connectivity index (χ2n) is 7.88. The largest absolute Gasteiger partial charge is 0.357 e. The van der Waals surface area contributed by atoms with Gasteiger partial charge in [-0.15, -0.1) is 11.3 Å². The molecule has 1 fully saturated rings. The summed E-state index contributed by atoms with van der Waals surface area (Å²) in [6.07, 6.45) is 7.43. The highest BCUT2D eigenvalue weighted by atomic mass is 32.1. The smallest absolute Gasteiger partial charge is 0.193 e. The summed E-state index contributed by atoms with van der Waals surface area (Å²) in [5, 5.41) is 11.2. The van der Waals surface area contributed by atoms with Crippen molar-refractivity contribution in [2.45, 2.75) is 46.2 Å². The maximum absolute atomic E-state index is 4.94. The number of aliphatic imine (C=N–C) groups is 1. The maximum Gasteiger partial charge on any atom is 0.193 e. The van der Waals surface area contributed by atoms with Gasteiger partial charge >= 0.3 is 0 Å². The summed E-state index contributed by atoms with van der Waals surface area (Å²) in [4.78, 5) is 14.4. The minimum absolute atomic E-state index is 0.660. The van der Waals surface area contributed by atoms with Crippen molar-refractivity contribution in [2.24, 2.45) is 18.0 Å². The summed E-state index contributed by atoms with van der Waals surface area (Å²) in [5.41, 5.74) is 2.43. The third-order valence-corrected chi connectivity index (χ3v) is 6.41. The predicted octanol–water partition coefficient (Wildman–Crippen LogP) is 2.75. The van der Waals surface area contributed by atoms with Crippen LogP contribution < -0.4 is 5.32 Å². The topological polar surface area (TPSA) is 61.6 Å². The van der Waals surface area contributed by atoms with Gasteiger partial charge in [-0.25, -0.2) is 4.98 Å². The van der Waals surface area contributed by atoms with E-state index in [1.807, 2.05) is 17.9 Å². The Balaban J connectivity index is 1.47. The minimum atomic E-state index is 0.660. The molecular formula is C21H35N7S. The molecule has 0 aliphatic carbocycles. The van der Waals surface area contributed by atoms with E-state index in [4.69, 9.17) is 9.98 Å². The van der Waals surface area contributed by atoms with Crippen molar-refractivity contribution < 1.29 is 0 Å². The fraction of sp³-hybridized carbons (Fsp3) is 0.667. The van der Waals surface area contributed by atoms with E-state index in [0.717, 1.165) is 51.6 Å². The van der Waals surface area contributed by atoms with Gasteiger partial charge in [-0.05, 0) is 45.2 Å². The van der Waals surface area contributed by atoms with Gasteiger partial charge < -0.3 is 10.2 Å². The van der Waals surface area contributed by atoms with E-state index in [1.54, 1.807) is 11.3 Å². The van der Waals surface area contributed by atoms with Crippen molar-refractivity contribution in [2.75, 3.05) is 33.2 Å². The van der Waals surface area contributed by atoms with Crippen LogP contribution in [-0.2, 0) is 26.6 Å². The zero-order chi connectivity index (χ0) is 20.6. The molecular weight excluding hydrogens is 382 g/mol. The van der Waals surface area contributed by atoms with E-state index in [2.05, 4.69) is 52.7 Å². The van der Waals surface area contributed by atoms with Crippen molar-refractivity contribution in [1.82, 2.24) is 29.9 Å². The first kappa shape index (κ1) is 21.8. The van der Waals surface area contributed by atoms with Crippen molar-refractivity contribution in [3.05, 3.63) is 34.0 Å². The number of nitrogens with one attached hydrogen (secondary N) is 1. The molecule has 2 aromatic heterocycles. The molecule has 7 nitrogen and oxygen atoms in total. The van der Waals surface area contributed by atoms with Crippen LogP contribution in [0.2, 0.25) is 0 Å². The summed E-state index contributed by atoms with van der Waals surface area (Å²) in [5.74, 6) is 1.64. The summed E-state index contributed by atoms with van der Waals surface area (Å²) < 4.78 is 1.84. The fourth-order valence-electron chi connectivity index (χ4n) is 3.73. The molecule has 0 bridgehead atoms. The van der Waals surface area contributed by atoms with Crippen LogP contribution in [0.25, 0.3) is 0 Å². The lowest BCUT2D eigenvalue weighted by molar-refractivity contribution is 0.179. The molecule has 3 heterocycles. The number of piperidine rings is 1. The van der Waals surface area contributed by atoms with Crippen LogP contribution in [0, 0.1) is 5.92 Å². The van der Waals surface area contributed by atoms with Gasteiger partial charge in [-0.2, -0.15) is 5.10 Å². The summed E-state index contributed by atoms with van der Waals surface area (Å²) in [6, 6.07) is 0. The van der Waals surface area contributed by atoms with Gasteiger partial charge in [-0.1, -0.05) is 6.92 Å². The fourth-order valence-corrected chi connectivity index (χ4v) is 4.46. The van der Waals surface area contributed by atoms with E-state index in [1.165, 1.54) is 29.1 Å². The maximum atomic E-state index is 4.94. The normalized spacial score (nSPS) is 16.3. The lowest BCUT2D eigenvalue weighted by Crippen LogP contribution is -2.39. The third-order valence-electron chi connectivity index (χ3n) is 5.37. The molecule has 29 heavy (non-hydrogen) atoms. The SMILES string of the molecule is CCNC(=NCC1CCN(Cc2csc(CC)n2)CC1)N(C)Cc1cnn(C)c1. The van der Waals surface area contributed by atoms with Crippen molar-refractivity contribution >= 4 is 17.3 Å². The number of likely N-dealkylation sites (tertiary alicyclic amines) is 1. The van der Waals surface area contributed by atoms with Crippen LogP contribution in [0.15, 0.2) is 22.8 Å². The summed E-state index contributed by atoms with van der Waals surface area (Å²) in [7, 11) is 4.04. The van der Waals surface area contributed by atoms with Crippen molar-refractivity contribution in [3.63, 3.8) is 0 Å². The van der Waals surface area contributed by atoms with Crippen LogP contribution in [0.4, 0.5) is 0 Å². The lowest BCUT2D eigenvalue weighted by Gasteiger charge is -2.31. The van der Waals surface area contributed by atoms with Gasteiger partial charge in [0.15, 0.2) is 5.96 Å². The Bertz CT molecular complexity index is 774. The Hall–Kier alpha value is -1.93. The number of rotatable bonds is 8. The van der Waals surface area contributed by atoms with Crippen LogP contribution in [0.5, 0.6) is 0 Å². The first-order valence-corrected chi connectivity index (χ1v) is 11.6. The quantitative estimate of drug-likeness (QED) is 0.529. The zero-order valence-corrected chi connectivity index (χ0v) is 19.1. The zero-order valence-electron chi connectivity index (χ0n) is 18.3. The number of thiazole rings is 1. The molecule has 2 aromatic rings. The molecule has 1 aliphatic heterocycles. The van der Waals surface area contributed by atoms with Gasteiger partial charge in [0.2, 0.25) is 0 Å². The first-order valence-electron chi connectivity index (χ1n) is 10.7. The Kier molecular flexibility index (Phi) is 8.06. The number of aryl methyl sites for hydroxylation is 2. The molecule has 0 radical (unpaired) electrons. The number of aromatic nitrogens is 3. The highest BCUT2D eigenvalue weighted by Crippen LogP contribution is 2.20. The third kappa shape index (κ3) is 6.54. The number of guanidine groups is 1. The Morgan fingerprint density at radius 1 is 1.34 bits per heavy atom. The Labute approximate surface area is 178 Å². The van der Waals surface area contributed by atoms with Gasteiger partial charge in [0.25, 0.3) is 0 Å². The molecule has 1 aliphatic rings. The van der Waals surface area contributed by atoms with Gasteiger partial charge in [0, 0.05) is 57.4 Å². The highest BCUT2D eigenvalue weighted by Gasteiger charge is 2.20. The van der Waals surface area contributed by atoms with Gasteiger partial charge in [-0.3, -0.25) is 14.6 Å². The molecule has 0 aromatic carbocycles. The first-order chi connectivity index (χ1) is 14.1. The molecule has 0 atom stereocenters. The monoisotopic (exact) mass is 417 g/mol. The number of hydrogen-bond acceptors (Lipinski definition) is 5. The Morgan fingerprint density at radius 3 is 2.76 bits per heavy atom. The second kappa shape index (κ2) is 10.7. The average molecular weight is 418 g/mol. The van der Waals surface area contributed by atoms with E-state index < -0.39 is 0 Å². The highest BCUT2D eigenvalue weighted by molar-refractivity contribution is 7.09. The molecule has 1 N–H and O–H groups in total. The predicted molar refractivity (Wildman–Crippen MR) is 120 cm³/mol. The number of hydrogen-bond donors (Lipinski definition) is 1. The van der Waals surface area contributed by atoms with Crippen LogP contribution in [0.1, 0.15) is 43.0 Å². The molecule has 8 heteroatoms. The summed E-state index contributed by atoms with van der Waals surface area (Å²) >= 11 is 1.79. The number of nitrogens with zero attached hydrogens (tertiary/aromatic N) is 6. The minimum Gasteiger partial charge on any atom is -0.357 e. The van der Waals surface area contributed by atoms with E-state index in [9.17, 15) is 0 Å². The van der Waals surface area contributed by atoms with Crippen molar-refractivity contribution in [3.8, 4) is 0 Å².